The Morgan fingerprint density at radius 2 is 1.79 bits per heavy atom. The molecule has 8 nitrogen and oxygen atoms in total. The third kappa shape index (κ3) is 3.67. The number of ether oxygens (including phenoxy) is 1. The van der Waals surface area contributed by atoms with Crippen LogP contribution >= 0.6 is 0 Å². The van der Waals surface area contributed by atoms with Crippen LogP contribution in [0.4, 0.5) is 4.79 Å². The molecule has 3 rings (SSSR count). The number of rotatable bonds is 5. The summed E-state index contributed by atoms with van der Waals surface area (Å²) in [5, 5.41) is 19.4. The van der Waals surface area contributed by atoms with Gasteiger partial charge in [-0.1, -0.05) is 24.3 Å². The molecule has 0 unspecified atom stereocenters. The zero-order chi connectivity index (χ0) is 16.9. The van der Waals surface area contributed by atoms with Gasteiger partial charge in [-0.25, -0.2) is 4.79 Å². The van der Waals surface area contributed by atoms with Crippen molar-refractivity contribution in [1.29, 1.82) is 0 Å². The molecule has 24 heavy (non-hydrogen) atoms. The van der Waals surface area contributed by atoms with Gasteiger partial charge in [-0.15, -0.1) is 10.2 Å². The molecule has 0 saturated carbocycles. The smallest absolute Gasteiger partial charge is 0.407 e. The van der Waals surface area contributed by atoms with Gasteiger partial charge in [-0.2, -0.15) is 4.80 Å². The Labute approximate surface area is 136 Å². The first-order chi connectivity index (χ1) is 11.6. The molecule has 3 aromatic rings. The Kier molecular flexibility index (Phi) is 4.37. The van der Waals surface area contributed by atoms with E-state index in [0.29, 0.717) is 0 Å². The maximum absolute atomic E-state index is 11.4. The normalized spacial score (nSPS) is 10.5. The summed E-state index contributed by atoms with van der Waals surface area (Å²) in [4.78, 5) is 23.2. The van der Waals surface area contributed by atoms with E-state index in [9.17, 15) is 9.59 Å². The van der Waals surface area contributed by atoms with Crippen molar-refractivity contribution in [1.82, 2.24) is 20.3 Å². The fourth-order valence-corrected chi connectivity index (χ4v) is 2.09. The monoisotopic (exact) mass is 326 g/mol. The van der Waals surface area contributed by atoms with Gasteiger partial charge in [-0.05, 0) is 29.8 Å². The average molecular weight is 326 g/mol. The summed E-state index contributed by atoms with van der Waals surface area (Å²) in [5.74, 6) is -1.13. The van der Waals surface area contributed by atoms with Gasteiger partial charge >= 0.3 is 12.1 Å². The third-order valence-electron chi connectivity index (χ3n) is 3.18. The molecule has 0 atom stereocenters. The maximum Gasteiger partial charge on any atom is 0.407 e. The minimum atomic E-state index is -1.13. The molecule has 8 heteroatoms. The summed E-state index contributed by atoms with van der Waals surface area (Å²) in [6.45, 7) is -0.469. The largest absolute Gasteiger partial charge is 0.480 e. The first-order valence-corrected chi connectivity index (χ1v) is 7.15. The van der Waals surface area contributed by atoms with Crippen LogP contribution < -0.4 is 5.32 Å². The minimum Gasteiger partial charge on any atom is -0.480 e. The number of aromatic nitrogens is 3. The van der Waals surface area contributed by atoms with Crippen molar-refractivity contribution < 1.29 is 19.4 Å². The fraction of sp³-hybridized carbons (Fsp3) is 0.125. The molecule has 2 N–H and O–H groups in total. The molecule has 1 amide bonds. The van der Waals surface area contributed by atoms with Gasteiger partial charge < -0.3 is 15.2 Å². The Balaban J connectivity index is 1.70. The van der Waals surface area contributed by atoms with E-state index in [0.717, 1.165) is 22.3 Å². The molecule has 0 aliphatic rings. The van der Waals surface area contributed by atoms with Crippen LogP contribution in [0.25, 0.3) is 16.7 Å². The number of hydrogen-bond donors (Lipinski definition) is 2. The van der Waals surface area contributed by atoms with Gasteiger partial charge in [0.25, 0.3) is 0 Å². The van der Waals surface area contributed by atoms with E-state index in [2.05, 4.69) is 15.5 Å². The highest BCUT2D eigenvalue weighted by atomic mass is 16.5. The minimum absolute atomic E-state index is 0.0140. The quantitative estimate of drug-likeness (QED) is 0.739. The lowest BCUT2D eigenvalue weighted by Crippen LogP contribution is -2.29. The lowest BCUT2D eigenvalue weighted by molar-refractivity contribution is -0.135. The van der Waals surface area contributed by atoms with E-state index in [-0.39, 0.29) is 6.61 Å². The molecule has 0 spiro atoms. The van der Waals surface area contributed by atoms with Crippen molar-refractivity contribution in [2.24, 2.45) is 0 Å². The summed E-state index contributed by atoms with van der Waals surface area (Å²) < 4.78 is 4.96. The fourth-order valence-electron chi connectivity index (χ4n) is 2.09. The lowest BCUT2D eigenvalue weighted by atomic mass is 10.2. The SMILES string of the molecule is O=C(O)CNC(=O)OCc1cccc(-n2nc3ccccc3n2)c1. The average Bonchev–Trinajstić information content (AvgIpc) is 3.02. The summed E-state index contributed by atoms with van der Waals surface area (Å²) in [5.41, 5.74) is 3.04. The highest BCUT2D eigenvalue weighted by Gasteiger charge is 2.07. The summed E-state index contributed by atoms with van der Waals surface area (Å²) in [6, 6.07) is 14.8. The van der Waals surface area contributed by atoms with E-state index in [1.807, 2.05) is 30.3 Å². The highest BCUT2D eigenvalue weighted by Crippen LogP contribution is 2.14. The van der Waals surface area contributed by atoms with Gasteiger partial charge in [0.2, 0.25) is 0 Å². The number of benzene rings is 2. The number of hydrogen-bond acceptors (Lipinski definition) is 5. The molecule has 1 heterocycles. The summed E-state index contributed by atoms with van der Waals surface area (Å²) >= 11 is 0. The maximum atomic E-state index is 11.4. The number of carboxylic acid groups (broad SMARTS) is 1. The Morgan fingerprint density at radius 3 is 2.46 bits per heavy atom. The van der Waals surface area contributed by atoms with E-state index in [4.69, 9.17) is 9.84 Å². The number of carboxylic acids is 1. The van der Waals surface area contributed by atoms with E-state index in [1.54, 1.807) is 18.2 Å². The number of nitrogens with one attached hydrogen (secondary N) is 1. The Hall–Kier alpha value is -3.42. The second-order valence-electron chi connectivity index (χ2n) is 4.97. The number of amides is 1. The number of carbonyl (C=O) groups excluding carboxylic acids is 1. The van der Waals surface area contributed by atoms with E-state index in [1.165, 1.54) is 4.80 Å². The molecule has 0 saturated heterocycles. The second kappa shape index (κ2) is 6.78. The molecule has 122 valence electrons. The van der Waals surface area contributed by atoms with Gasteiger partial charge in [-0.3, -0.25) is 4.79 Å². The van der Waals surface area contributed by atoms with Crippen LogP contribution in [0.2, 0.25) is 0 Å². The van der Waals surface area contributed by atoms with Crippen molar-refractivity contribution in [3.63, 3.8) is 0 Å². The zero-order valence-corrected chi connectivity index (χ0v) is 12.5. The van der Waals surface area contributed by atoms with Crippen LogP contribution in [0, 0.1) is 0 Å². The lowest BCUT2D eigenvalue weighted by Gasteiger charge is -2.07. The van der Waals surface area contributed by atoms with Crippen LogP contribution in [0.1, 0.15) is 5.56 Å². The van der Waals surface area contributed by atoms with Crippen LogP contribution in [0.3, 0.4) is 0 Å². The molecule has 0 bridgehead atoms. The number of alkyl carbamates (subject to hydrolysis) is 1. The van der Waals surface area contributed by atoms with Crippen molar-refractivity contribution in [3.8, 4) is 5.69 Å². The van der Waals surface area contributed by atoms with Crippen LogP contribution in [0.5, 0.6) is 0 Å². The van der Waals surface area contributed by atoms with E-state index < -0.39 is 18.6 Å². The van der Waals surface area contributed by atoms with Crippen LogP contribution in [-0.2, 0) is 16.1 Å². The molecular formula is C16H14N4O4. The predicted octanol–water partition coefficient (Wildman–Crippen LogP) is 1.73. The number of fused-ring (bicyclic) bond motifs is 1. The number of carbonyl (C=O) groups is 2. The molecule has 2 aromatic carbocycles. The van der Waals surface area contributed by atoms with Gasteiger partial charge in [0, 0.05) is 0 Å². The molecule has 0 radical (unpaired) electrons. The van der Waals surface area contributed by atoms with Crippen molar-refractivity contribution in [3.05, 3.63) is 54.1 Å². The van der Waals surface area contributed by atoms with Gasteiger partial charge in [0.05, 0.1) is 5.69 Å². The Morgan fingerprint density at radius 1 is 1.08 bits per heavy atom. The molecule has 0 aliphatic carbocycles. The topological polar surface area (TPSA) is 106 Å². The standard InChI is InChI=1S/C16H14N4O4/c21-15(22)9-17-16(23)24-10-11-4-3-5-12(8-11)20-18-13-6-1-2-7-14(13)19-20/h1-8H,9-10H2,(H,17,23)(H,21,22). The van der Waals surface area contributed by atoms with Crippen molar-refractivity contribution in [2.75, 3.05) is 6.54 Å². The Bertz CT molecular complexity index is 857. The second-order valence-corrected chi connectivity index (χ2v) is 4.97. The van der Waals surface area contributed by atoms with Crippen molar-refractivity contribution >= 4 is 23.1 Å². The molecule has 0 aliphatic heterocycles. The van der Waals surface area contributed by atoms with Crippen molar-refractivity contribution in [2.45, 2.75) is 6.61 Å². The first kappa shape index (κ1) is 15.5. The molecule has 0 fully saturated rings. The molecular weight excluding hydrogens is 312 g/mol. The van der Waals surface area contributed by atoms with Crippen LogP contribution in [0.15, 0.2) is 48.5 Å². The highest BCUT2D eigenvalue weighted by molar-refractivity contribution is 5.76. The van der Waals surface area contributed by atoms with Gasteiger partial charge in [0.1, 0.15) is 24.2 Å². The summed E-state index contributed by atoms with van der Waals surface area (Å²) in [6.07, 6.45) is -0.786. The number of aliphatic carboxylic acids is 1. The zero-order valence-electron chi connectivity index (χ0n) is 12.5. The number of nitrogens with zero attached hydrogens (tertiary/aromatic N) is 3. The first-order valence-electron chi connectivity index (χ1n) is 7.15. The van der Waals surface area contributed by atoms with Crippen LogP contribution in [-0.4, -0.2) is 38.7 Å². The predicted molar refractivity (Wildman–Crippen MR) is 84.7 cm³/mol. The van der Waals surface area contributed by atoms with E-state index >= 15 is 0 Å². The third-order valence-corrected chi connectivity index (χ3v) is 3.18. The summed E-state index contributed by atoms with van der Waals surface area (Å²) in [7, 11) is 0. The molecule has 1 aromatic heterocycles. The van der Waals surface area contributed by atoms with Gasteiger partial charge in [0.15, 0.2) is 0 Å².